The molecule has 0 radical (unpaired) electrons. The molecule has 4 nitrogen and oxygen atoms in total. The van der Waals surface area contributed by atoms with Crippen molar-refractivity contribution < 1.29 is 19.0 Å². The molecule has 0 saturated heterocycles. The maximum atomic E-state index is 13.0. The van der Waals surface area contributed by atoms with E-state index in [9.17, 15) is 9.18 Å². The van der Waals surface area contributed by atoms with Gasteiger partial charge in [-0.3, -0.25) is 0 Å². The highest BCUT2D eigenvalue weighted by Gasteiger charge is 2.07. The van der Waals surface area contributed by atoms with Gasteiger partial charge in [-0.25, -0.2) is 9.18 Å². The molecule has 0 aromatic heterocycles. The molecule has 0 bridgehead atoms. The number of carboxylic acid groups (broad SMARTS) is 1. The first-order chi connectivity index (χ1) is 8.02. The molecule has 0 saturated carbocycles. The van der Waals surface area contributed by atoms with Crippen molar-refractivity contribution in [3.63, 3.8) is 0 Å². The molecule has 1 atom stereocenters. The lowest BCUT2D eigenvalue weighted by Gasteiger charge is -2.10. The topological polar surface area (TPSA) is 70.3 Å². The lowest BCUT2D eigenvalue weighted by molar-refractivity contribution is -0.131. The number of benzene rings is 1. The van der Waals surface area contributed by atoms with E-state index in [1.165, 1.54) is 25.1 Å². The van der Waals surface area contributed by atoms with Gasteiger partial charge in [0.1, 0.15) is 17.6 Å². The van der Waals surface area contributed by atoms with Crippen molar-refractivity contribution >= 4 is 12.0 Å². The summed E-state index contributed by atoms with van der Waals surface area (Å²) in [5, 5.41) is 17.1. The van der Waals surface area contributed by atoms with E-state index in [0.717, 1.165) is 12.1 Å². The Hall–Kier alpha value is -2.35. The van der Waals surface area contributed by atoms with Crippen LogP contribution in [-0.4, -0.2) is 17.2 Å². The molecule has 0 spiro atoms. The lowest BCUT2D eigenvalue weighted by Crippen LogP contribution is -2.09. The molecule has 0 aliphatic heterocycles. The summed E-state index contributed by atoms with van der Waals surface area (Å²) in [5.74, 6) is -1.39. The number of hydrogen-bond donors (Lipinski definition) is 1. The molecule has 0 fully saturated rings. The third-order valence-corrected chi connectivity index (χ3v) is 1.86. The quantitative estimate of drug-likeness (QED) is 0.812. The Morgan fingerprint density at radius 2 is 2.35 bits per heavy atom. The highest BCUT2D eigenvalue weighted by molar-refractivity contribution is 5.85. The van der Waals surface area contributed by atoms with Crippen molar-refractivity contribution in [1.29, 1.82) is 5.26 Å². The van der Waals surface area contributed by atoms with Gasteiger partial charge in [0.15, 0.2) is 6.10 Å². The highest BCUT2D eigenvalue weighted by atomic mass is 19.1. The number of nitriles is 1. The highest BCUT2D eigenvalue weighted by Crippen LogP contribution is 2.22. The number of rotatable bonds is 4. The summed E-state index contributed by atoms with van der Waals surface area (Å²) in [5.41, 5.74) is 0.273. The predicted octanol–water partition coefficient (Wildman–Crippen LogP) is 2.21. The van der Waals surface area contributed by atoms with Gasteiger partial charge in [0, 0.05) is 11.6 Å². The standard InChI is InChI=1S/C12H10FNO3/c1-8(7-14)17-11-4-3-10(13)6-9(11)2-5-12(15)16/h2-6,8H,1H3,(H,15,16)/b5-2+. The van der Waals surface area contributed by atoms with Crippen LogP contribution in [0.25, 0.3) is 6.08 Å². The summed E-state index contributed by atoms with van der Waals surface area (Å²) in [4.78, 5) is 10.4. The molecule has 1 unspecified atom stereocenters. The summed E-state index contributed by atoms with van der Waals surface area (Å²) >= 11 is 0. The number of ether oxygens (including phenoxy) is 1. The molecule has 17 heavy (non-hydrogen) atoms. The number of nitrogens with zero attached hydrogens (tertiary/aromatic N) is 1. The summed E-state index contributed by atoms with van der Waals surface area (Å²) in [6.07, 6.45) is 1.39. The summed E-state index contributed by atoms with van der Waals surface area (Å²) in [6, 6.07) is 5.53. The lowest BCUT2D eigenvalue weighted by atomic mass is 10.2. The van der Waals surface area contributed by atoms with Gasteiger partial charge in [-0.15, -0.1) is 0 Å². The molecule has 1 aromatic carbocycles. The average Bonchev–Trinajstić information content (AvgIpc) is 2.29. The predicted molar refractivity (Wildman–Crippen MR) is 58.8 cm³/mol. The minimum atomic E-state index is -1.14. The Morgan fingerprint density at radius 1 is 1.65 bits per heavy atom. The molecule has 0 amide bonds. The van der Waals surface area contributed by atoms with Gasteiger partial charge in [0.25, 0.3) is 0 Å². The number of hydrogen-bond acceptors (Lipinski definition) is 3. The minimum absolute atomic E-state index is 0.262. The molecule has 5 heteroatoms. The van der Waals surface area contributed by atoms with Crippen LogP contribution in [0.4, 0.5) is 4.39 Å². The van der Waals surface area contributed by atoms with Crippen molar-refractivity contribution in [1.82, 2.24) is 0 Å². The second-order valence-corrected chi connectivity index (χ2v) is 3.24. The SMILES string of the molecule is CC(C#N)Oc1ccc(F)cc1/C=C/C(=O)O. The van der Waals surface area contributed by atoms with Crippen LogP contribution in [0.5, 0.6) is 5.75 Å². The maximum Gasteiger partial charge on any atom is 0.328 e. The average molecular weight is 235 g/mol. The number of carboxylic acids is 1. The van der Waals surface area contributed by atoms with Crippen LogP contribution in [0.2, 0.25) is 0 Å². The zero-order valence-corrected chi connectivity index (χ0v) is 9.05. The molecular weight excluding hydrogens is 225 g/mol. The first-order valence-electron chi connectivity index (χ1n) is 4.79. The van der Waals surface area contributed by atoms with Gasteiger partial charge in [0.05, 0.1) is 0 Å². The third kappa shape index (κ3) is 3.95. The maximum absolute atomic E-state index is 13.0. The van der Waals surface area contributed by atoms with Crippen molar-refractivity contribution in [2.24, 2.45) is 0 Å². The zero-order valence-electron chi connectivity index (χ0n) is 9.05. The molecule has 88 valence electrons. The van der Waals surface area contributed by atoms with Gasteiger partial charge in [-0.05, 0) is 31.2 Å². The fraction of sp³-hybridized carbons (Fsp3) is 0.167. The molecule has 1 rings (SSSR count). The van der Waals surface area contributed by atoms with Gasteiger partial charge in [-0.2, -0.15) is 5.26 Å². The Bertz CT molecular complexity index is 491. The molecule has 0 aliphatic rings. The fourth-order valence-electron chi connectivity index (χ4n) is 1.13. The Labute approximate surface area is 97.6 Å². The van der Waals surface area contributed by atoms with E-state index in [4.69, 9.17) is 15.1 Å². The van der Waals surface area contributed by atoms with Crippen LogP contribution in [0.15, 0.2) is 24.3 Å². The number of halogens is 1. The van der Waals surface area contributed by atoms with Crippen molar-refractivity contribution in [2.75, 3.05) is 0 Å². The first kappa shape index (κ1) is 12.7. The number of carbonyl (C=O) groups is 1. The van der Waals surface area contributed by atoms with Crippen LogP contribution in [0.3, 0.4) is 0 Å². The first-order valence-corrected chi connectivity index (χ1v) is 4.79. The normalized spacial score (nSPS) is 12.1. The third-order valence-electron chi connectivity index (χ3n) is 1.86. The van der Waals surface area contributed by atoms with E-state index in [0.29, 0.717) is 0 Å². The second kappa shape index (κ2) is 5.66. The van der Waals surface area contributed by atoms with E-state index in [1.807, 2.05) is 6.07 Å². The van der Waals surface area contributed by atoms with Gasteiger partial charge >= 0.3 is 5.97 Å². The Kier molecular flexibility index (Phi) is 4.23. The summed E-state index contributed by atoms with van der Waals surface area (Å²) < 4.78 is 18.2. The van der Waals surface area contributed by atoms with Crippen molar-refractivity contribution in [3.8, 4) is 11.8 Å². The van der Waals surface area contributed by atoms with E-state index in [-0.39, 0.29) is 11.3 Å². The largest absolute Gasteiger partial charge is 0.478 e. The second-order valence-electron chi connectivity index (χ2n) is 3.24. The van der Waals surface area contributed by atoms with Crippen LogP contribution < -0.4 is 4.74 Å². The van der Waals surface area contributed by atoms with Crippen LogP contribution in [0, 0.1) is 17.1 Å². The smallest absolute Gasteiger partial charge is 0.328 e. The Morgan fingerprint density at radius 3 is 2.94 bits per heavy atom. The zero-order chi connectivity index (χ0) is 12.8. The van der Waals surface area contributed by atoms with E-state index < -0.39 is 17.9 Å². The van der Waals surface area contributed by atoms with E-state index in [2.05, 4.69) is 0 Å². The van der Waals surface area contributed by atoms with E-state index >= 15 is 0 Å². The molecule has 1 aromatic rings. The van der Waals surface area contributed by atoms with E-state index in [1.54, 1.807) is 0 Å². The molecular formula is C12H10FNO3. The van der Waals surface area contributed by atoms with Gasteiger partial charge < -0.3 is 9.84 Å². The number of aliphatic carboxylic acids is 1. The van der Waals surface area contributed by atoms with Crippen LogP contribution in [0.1, 0.15) is 12.5 Å². The molecule has 0 aliphatic carbocycles. The molecule has 1 N–H and O–H groups in total. The summed E-state index contributed by atoms with van der Waals surface area (Å²) in [6.45, 7) is 1.54. The van der Waals surface area contributed by atoms with Gasteiger partial charge in [-0.1, -0.05) is 0 Å². The van der Waals surface area contributed by atoms with Gasteiger partial charge in [0.2, 0.25) is 0 Å². The summed E-state index contributed by atoms with van der Waals surface area (Å²) in [7, 11) is 0. The van der Waals surface area contributed by atoms with Crippen molar-refractivity contribution in [3.05, 3.63) is 35.7 Å². The minimum Gasteiger partial charge on any atom is -0.478 e. The fourth-order valence-corrected chi connectivity index (χ4v) is 1.13. The van der Waals surface area contributed by atoms with Crippen molar-refractivity contribution in [2.45, 2.75) is 13.0 Å². The monoisotopic (exact) mass is 235 g/mol. The van der Waals surface area contributed by atoms with Crippen LogP contribution in [-0.2, 0) is 4.79 Å². The van der Waals surface area contributed by atoms with Crippen LogP contribution >= 0.6 is 0 Å². The Balaban J connectivity index is 3.04. The molecule has 0 heterocycles.